The van der Waals surface area contributed by atoms with Gasteiger partial charge in [-0.25, -0.2) is 4.79 Å². The first-order valence-corrected chi connectivity index (χ1v) is 8.57. The maximum Gasteiger partial charge on any atom is 0.325 e. The molecule has 1 aliphatic heterocycles. The molecule has 5 heteroatoms. The minimum absolute atomic E-state index is 0.0251. The Kier molecular flexibility index (Phi) is 4.69. The number of nitrogens with zero attached hydrogens (tertiary/aromatic N) is 2. The molecule has 1 fully saturated rings. The number of nitriles is 1. The summed E-state index contributed by atoms with van der Waals surface area (Å²) in [6.07, 6.45) is 0.446. The molecule has 0 aromatic heterocycles. The highest BCUT2D eigenvalue weighted by Gasteiger charge is 2.49. The van der Waals surface area contributed by atoms with Crippen LogP contribution in [0.5, 0.6) is 0 Å². The molecule has 25 heavy (non-hydrogen) atoms. The topological polar surface area (TPSA) is 73.2 Å². The molecule has 2 rings (SSSR count). The summed E-state index contributed by atoms with van der Waals surface area (Å²) >= 11 is 0. The molecule has 1 heterocycles. The Morgan fingerprint density at radius 1 is 1.12 bits per heavy atom. The van der Waals surface area contributed by atoms with Crippen LogP contribution in [-0.2, 0) is 15.7 Å². The molecule has 0 radical (unpaired) electrons. The van der Waals surface area contributed by atoms with Gasteiger partial charge in [0.15, 0.2) is 0 Å². The number of imide groups is 1. The summed E-state index contributed by atoms with van der Waals surface area (Å²) in [7, 11) is 0. The lowest BCUT2D eigenvalue weighted by Gasteiger charge is -2.25. The van der Waals surface area contributed by atoms with Gasteiger partial charge in [-0.2, -0.15) is 5.26 Å². The van der Waals surface area contributed by atoms with Crippen molar-refractivity contribution in [1.82, 2.24) is 10.2 Å². The third kappa shape index (κ3) is 3.68. The molecule has 1 N–H and O–H groups in total. The van der Waals surface area contributed by atoms with Crippen LogP contribution in [0.2, 0.25) is 0 Å². The molecule has 5 nitrogen and oxygen atoms in total. The van der Waals surface area contributed by atoms with Crippen LogP contribution >= 0.6 is 0 Å². The molecule has 1 aliphatic rings. The van der Waals surface area contributed by atoms with Gasteiger partial charge in [0.1, 0.15) is 5.54 Å². The van der Waals surface area contributed by atoms with Crippen molar-refractivity contribution in [3.05, 3.63) is 35.4 Å². The maximum atomic E-state index is 12.9. The van der Waals surface area contributed by atoms with E-state index >= 15 is 0 Å². The average molecular weight is 341 g/mol. The monoisotopic (exact) mass is 341 g/mol. The summed E-state index contributed by atoms with van der Waals surface area (Å²) in [5, 5.41) is 11.9. The van der Waals surface area contributed by atoms with Crippen LogP contribution in [0.15, 0.2) is 24.3 Å². The van der Waals surface area contributed by atoms with Crippen LogP contribution in [0.1, 0.15) is 59.1 Å². The van der Waals surface area contributed by atoms with E-state index < -0.39 is 17.0 Å². The van der Waals surface area contributed by atoms with Crippen molar-refractivity contribution in [2.24, 2.45) is 5.41 Å². The first-order valence-electron chi connectivity index (χ1n) is 8.57. The molecule has 1 saturated heterocycles. The van der Waals surface area contributed by atoms with Gasteiger partial charge in [-0.1, -0.05) is 45.0 Å². The van der Waals surface area contributed by atoms with Gasteiger partial charge in [0, 0.05) is 6.54 Å². The predicted octanol–water partition coefficient (Wildman–Crippen LogP) is 3.69. The zero-order valence-corrected chi connectivity index (χ0v) is 15.9. The molecular formula is C20H27N3O2. The summed E-state index contributed by atoms with van der Waals surface area (Å²) < 4.78 is 0. The fraction of sp³-hybridized carbons (Fsp3) is 0.550. The van der Waals surface area contributed by atoms with Gasteiger partial charge in [0.2, 0.25) is 0 Å². The van der Waals surface area contributed by atoms with Crippen molar-refractivity contribution in [2.45, 2.75) is 58.9 Å². The largest absolute Gasteiger partial charge is 0.325 e. The normalized spacial score (nSPS) is 21.2. The highest BCUT2D eigenvalue weighted by Crippen LogP contribution is 2.32. The van der Waals surface area contributed by atoms with Gasteiger partial charge in [0.25, 0.3) is 5.91 Å². The van der Waals surface area contributed by atoms with Gasteiger partial charge in [0.05, 0.1) is 11.5 Å². The van der Waals surface area contributed by atoms with E-state index in [4.69, 9.17) is 5.26 Å². The van der Waals surface area contributed by atoms with E-state index in [1.54, 1.807) is 20.8 Å². The van der Waals surface area contributed by atoms with Crippen LogP contribution in [0.25, 0.3) is 0 Å². The Hall–Kier alpha value is -2.35. The summed E-state index contributed by atoms with van der Waals surface area (Å²) in [5.74, 6) is -0.269. The van der Waals surface area contributed by atoms with Crippen molar-refractivity contribution in [1.29, 1.82) is 5.26 Å². The molecule has 1 aromatic carbocycles. The molecule has 1 aromatic rings. The standard InChI is InChI=1S/C20H27N3O2/c1-18(2,3)14-7-9-15(10-8-14)20(6)16(24)23(17(25)22-20)12-11-19(4,5)13-21/h7-10H,11-12H2,1-6H3,(H,22,25). The second kappa shape index (κ2) is 6.18. The van der Waals surface area contributed by atoms with Crippen molar-refractivity contribution in [3.8, 4) is 6.07 Å². The molecule has 1 atom stereocenters. The number of hydrogen-bond donors (Lipinski definition) is 1. The number of urea groups is 1. The summed E-state index contributed by atoms with van der Waals surface area (Å²) in [6.45, 7) is 12.0. The minimum atomic E-state index is -1.07. The Labute approximate surface area is 150 Å². The third-order valence-electron chi connectivity index (χ3n) is 4.87. The SMILES string of the molecule is CC(C)(C#N)CCN1C(=O)NC(C)(c2ccc(C(C)(C)C)cc2)C1=O. The predicted molar refractivity (Wildman–Crippen MR) is 96.7 cm³/mol. The second-order valence-electron chi connectivity index (χ2n) is 8.58. The Morgan fingerprint density at radius 3 is 2.16 bits per heavy atom. The van der Waals surface area contributed by atoms with E-state index in [-0.39, 0.29) is 17.9 Å². The molecule has 0 spiro atoms. The highest BCUT2D eigenvalue weighted by molar-refractivity contribution is 6.07. The number of rotatable bonds is 4. The molecule has 3 amide bonds. The van der Waals surface area contributed by atoms with E-state index in [0.717, 1.165) is 5.56 Å². The number of benzene rings is 1. The third-order valence-corrected chi connectivity index (χ3v) is 4.87. The number of hydrogen-bond acceptors (Lipinski definition) is 3. The Balaban J connectivity index is 2.23. The van der Waals surface area contributed by atoms with Crippen molar-refractivity contribution < 1.29 is 9.59 Å². The minimum Gasteiger partial charge on any atom is -0.319 e. The van der Waals surface area contributed by atoms with E-state index in [2.05, 4.69) is 32.2 Å². The van der Waals surface area contributed by atoms with Gasteiger partial charge in [-0.05, 0) is 43.7 Å². The molecule has 134 valence electrons. The zero-order chi connectivity index (χ0) is 19.0. The molecule has 0 aliphatic carbocycles. The number of nitrogens with one attached hydrogen (secondary N) is 1. The number of amides is 3. The van der Waals surface area contributed by atoms with E-state index in [9.17, 15) is 9.59 Å². The van der Waals surface area contributed by atoms with Crippen LogP contribution in [-0.4, -0.2) is 23.4 Å². The van der Waals surface area contributed by atoms with E-state index in [1.807, 2.05) is 24.3 Å². The fourth-order valence-corrected chi connectivity index (χ4v) is 2.85. The van der Waals surface area contributed by atoms with Crippen LogP contribution < -0.4 is 5.32 Å². The van der Waals surface area contributed by atoms with Crippen LogP contribution in [0.4, 0.5) is 4.79 Å². The van der Waals surface area contributed by atoms with Crippen LogP contribution in [0, 0.1) is 16.7 Å². The second-order valence-corrected chi connectivity index (χ2v) is 8.58. The average Bonchev–Trinajstić information content (AvgIpc) is 2.75. The molecule has 0 saturated carbocycles. The lowest BCUT2D eigenvalue weighted by atomic mass is 9.84. The van der Waals surface area contributed by atoms with E-state index in [1.165, 1.54) is 10.5 Å². The van der Waals surface area contributed by atoms with Gasteiger partial charge in [-0.3, -0.25) is 9.69 Å². The first kappa shape index (κ1) is 19.0. The van der Waals surface area contributed by atoms with E-state index in [0.29, 0.717) is 6.42 Å². The fourth-order valence-electron chi connectivity index (χ4n) is 2.85. The Morgan fingerprint density at radius 2 is 1.68 bits per heavy atom. The van der Waals surface area contributed by atoms with Crippen molar-refractivity contribution in [2.75, 3.05) is 6.54 Å². The number of carbonyl (C=O) groups is 2. The van der Waals surface area contributed by atoms with Gasteiger partial charge in [-0.15, -0.1) is 0 Å². The summed E-state index contributed by atoms with van der Waals surface area (Å²) in [4.78, 5) is 26.4. The summed E-state index contributed by atoms with van der Waals surface area (Å²) in [6, 6.07) is 9.61. The molecule has 1 unspecified atom stereocenters. The zero-order valence-electron chi connectivity index (χ0n) is 15.9. The smallest absolute Gasteiger partial charge is 0.319 e. The summed E-state index contributed by atoms with van der Waals surface area (Å²) in [5.41, 5.74) is 0.320. The lowest BCUT2D eigenvalue weighted by molar-refractivity contribution is -0.131. The molecule has 0 bridgehead atoms. The van der Waals surface area contributed by atoms with Gasteiger partial charge < -0.3 is 5.32 Å². The molecular weight excluding hydrogens is 314 g/mol. The van der Waals surface area contributed by atoms with Crippen molar-refractivity contribution >= 4 is 11.9 Å². The van der Waals surface area contributed by atoms with Gasteiger partial charge >= 0.3 is 6.03 Å². The van der Waals surface area contributed by atoms with Crippen LogP contribution in [0.3, 0.4) is 0 Å². The quantitative estimate of drug-likeness (QED) is 0.849. The first-order chi connectivity index (χ1) is 11.4. The lowest BCUT2D eigenvalue weighted by Crippen LogP contribution is -2.41. The number of carbonyl (C=O) groups excluding carboxylic acids is 2. The maximum absolute atomic E-state index is 12.9. The van der Waals surface area contributed by atoms with Crippen molar-refractivity contribution in [3.63, 3.8) is 0 Å². The Bertz CT molecular complexity index is 723. The highest BCUT2D eigenvalue weighted by atomic mass is 16.2.